The zero-order valence-electron chi connectivity index (χ0n) is 8.57. The van der Waals surface area contributed by atoms with Crippen LogP contribution in [0.3, 0.4) is 0 Å². The summed E-state index contributed by atoms with van der Waals surface area (Å²) in [6.45, 7) is 8.82. The second-order valence-corrected chi connectivity index (χ2v) is 3.93. The molecular formula is C9H12B3O2-2. The Kier molecular flexibility index (Phi) is 3.79. The Morgan fingerprint density at radius 1 is 1.21 bits per heavy atom. The molecule has 0 bridgehead atoms. The van der Waals surface area contributed by atoms with Crippen molar-refractivity contribution in [2.45, 2.75) is 26.1 Å². The van der Waals surface area contributed by atoms with Gasteiger partial charge in [0.2, 0.25) is 0 Å². The predicted molar refractivity (Wildman–Crippen MR) is 57.3 cm³/mol. The van der Waals surface area contributed by atoms with E-state index in [0.29, 0.717) is 5.57 Å². The van der Waals surface area contributed by atoms with E-state index in [9.17, 15) is 10.2 Å². The Bertz CT molecular complexity index is 255. The summed E-state index contributed by atoms with van der Waals surface area (Å²) < 4.78 is 0. The van der Waals surface area contributed by atoms with E-state index in [0.717, 1.165) is 5.46 Å². The van der Waals surface area contributed by atoms with Gasteiger partial charge in [0.25, 0.3) is 0 Å². The SMILES string of the molecule is [B][B]B=C(C)C1C([O-])C(C(=C)C)C1[O-]. The zero-order valence-corrected chi connectivity index (χ0v) is 8.57. The molecule has 2 atom stereocenters. The van der Waals surface area contributed by atoms with Gasteiger partial charge in [0, 0.05) is 0 Å². The Balaban J connectivity index is 2.70. The first-order valence-corrected chi connectivity index (χ1v) is 4.69. The van der Waals surface area contributed by atoms with Crippen LogP contribution in [0.1, 0.15) is 13.8 Å². The first-order valence-electron chi connectivity index (χ1n) is 4.69. The molecule has 0 heterocycles. The summed E-state index contributed by atoms with van der Waals surface area (Å²) in [5.74, 6) is -0.836. The first-order chi connectivity index (χ1) is 6.50. The number of hydrogen-bond acceptors (Lipinski definition) is 2. The van der Waals surface area contributed by atoms with Gasteiger partial charge in [0.15, 0.2) is 0 Å². The quantitative estimate of drug-likeness (QED) is 0.372. The fraction of sp³-hybridized carbons (Fsp3) is 0.667. The molecule has 0 aromatic heterocycles. The van der Waals surface area contributed by atoms with Crippen molar-refractivity contribution in [1.29, 1.82) is 0 Å². The monoisotopic (exact) mass is 185 g/mol. The van der Waals surface area contributed by atoms with Gasteiger partial charge in [0.05, 0.1) is 0 Å². The van der Waals surface area contributed by atoms with Crippen LogP contribution in [0.2, 0.25) is 0 Å². The van der Waals surface area contributed by atoms with Crippen LogP contribution < -0.4 is 10.2 Å². The molecule has 0 aliphatic heterocycles. The molecule has 1 aliphatic carbocycles. The van der Waals surface area contributed by atoms with Crippen molar-refractivity contribution in [3.05, 3.63) is 12.2 Å². The summed E-state index contributed by atoms with van der Waals surface area (Å²) in [6, 6.07) is 0. The molecule has 2 unspecified atom stereocenters. The van der Waals surface area contributed by atoms with E-state index in [-0.39, 0.29) is 0 Å². The molecule has 71 valence electrons. The van der Waals surface area contributed by atoms with Crippen LogP contribution >= 0.6 is 0 Å². The molecule has 0 N–H and O–H groups in total. The molecule has 5 heteroatoms. The van der Waals surface area contributed by atoms with Gasteiger partial charge in [-0.15, -0.1) is 0 Å². The third-order valence-corrected chi connectivity index (χ3v) is 2.87. The summed E-state index contributed by atoms with van der Waals surface area (Å²) in [4.78, 5) is 0. The Labute approximate surface area is 87.9 Å². The molecule has 1 rings (SSSR count). The van der Waals surface area contributed by atoms with Gasteiger partial charge in [-0.3, -0.25) is 0 Å². The first kappa shape index (κ1) is 11.8. The zero-order chi connectivity index (χ0) is 10.9. The predicted octanol–water partition coefficient (Wildman–Crippen LogP) is -2.13. The Morgan fingerprint density at radius 2 is 1.71 bits per heavy atom. The van der Waals surface area contributed by atoms with Crippen molar-refractivity contribution in [1.82, 2.24) is 0 Å². The maximum atomic E-state index is 11.7. The summed E-state index contributed by atoms with van der Waals surface area (Å²) in [5.41, 5.74) is 1.48. The number of rotatable bonds is 3. The van der Waals surface area contributed by atoms with E-state index >= 15 is 0 Å². The molecular weight excluding hydrogens is 173 g/mol. The summed E-state index contributed by atoms with van der Waals surface area (Å²) in [7, 11) is 6.57. The molecule has 0 aromatic carbocycles. The van der Waals surface area contributed by atoms with Crippen molar-refractivity contribution in [2.24, 2.45) is 11.8 Å². The summed E-state index contributed by atoms with van der Waals surface area (Å²) in [6.07, 6.45) is -1.68. The number of hydrogen-bond donors (Lipinski definition) is 0. The maximum absolute atomic E-state index is 11.7. The van der Waals surface area contributed by atoms with Gasteiger partial charge in [-0.2, -0.15) is 0 Å². The fourth-order valence-corrected chi connectivity index (χ4v) is 2.02. The van der Waals surface area contributed by atoms with Crippen molar-refractivity contribution in [3.63, 3.8) is 0 Å². The van der Waals surface area contributed by atoms with E-state index in [1.54, 1.807) is 20.7 Å². The average molecular weight is 185 g/mol. The van der Waals surface area contributed by atoms with Crippen LogP contribution in [0, 0.1) is 11.8 Å². The Morgan fingerprint density at radius 3 is 2.07 bits per heavy atom. The van der Waals surface area contributed by atoms with Gasteiger partial charge in [-0.05, 0) is 0 Å². The van der Waals surface area contributed by atoms with Crippen molar-refractivity contribution < 1.29 is 10.2 Å². The molecule has 3 radical (unpaired) electrons. The third-order valence-electron chi connectivity index (χ3n) is 2.87. The van der Waals surface area contributed by atoms with Gasteiger partial charge in [-0.1, -0.05) is 0 Å². The van der Waals surface area contributed by atoms with E-state index in [1.807, 2.05) is 0 Å². The van der Waals surface area contributed by atoms with Crippen molar-refractivity contribution in [2.75, 3.05) is 0 Å². The van der Waals surface area contributed by atoms with Crippen LogP contribution in [-0.2, 0) is 0 Å². The van der Waals surface area contributed by atoms with Crippen LogP contribution in [-0.4, -0.2) is 39.3 Å². The van der Waals surface area contributed by atoms with Gasteiger partial charge in [-0.25, -0.2) is 0 Å². The summed E-state index contributed by atoms with van der Waals surface area (Å²) in [5, 5.41) is 23.3. The van der Waals surface area contributed by atoms with Gasteiger partial charge < -0.3 is 0 Å². The van der Waals surface area contributed by atoms with Crippen LogP contribution in [0.4, 0.5) is 0 Å². The van der Waals surface area contributed by atoms with E-state index in [4.69, 9.17) is 7.74 Å². The molecule has 14 heavy (non-hydrogen) atoms. The van der Waals surface area contributed by atoms with Gasteiger partial charge in [0.1, 0.15) is 0 Å². The van der Waals surface area contributed by atoms with Crippen LogP contribution in [0.5, 0.6) is 0 Å². The molecule has 1 saturated carbocycles. The molecule has 0 saturated heterocycles. The second kappa shape index (κ2) is 4.50. The van der Waals surface area contributed by atoms with Gasteiger partial charge >= 0.3 is 87.3 Å². The Hall–Kier alpha value is -0.275. The fourth-order valence-electron chi connectivity index (χ4n) is 2.02. The minimum atomic E-state index is -0.841. The molecule has 0 spiro atoms. The van der Waals surface area contributed by atoms with E-state index in [2.05, 4.69) is 6.58 Å². The second-order valence-electron chi connectivity index (χ2n) is 3.93. The molecule has 1 aliphatic rings. The summed E-state index contributed by atoms with van der Waals surface area (Å²) >= 11 is 0. The molecule has 0 amide bonds. The average Bonchev–Trinajstić information content (AvgIpc) is 2.03. The van der Waals surface area contributed by atoms with E-state index in [1.165, 1.54) is 7.06 Å². The standard InChI is InChI=1S/C9H12B3O2/c1-4(2)6-8(13)7(9(6)14)5(3)11-12-10/h6-9H,1H2,2-3H3/q-2. The molecule has 0 aromatic rings. The molecule has 1 fully saturated rings. The topological polar surface area (TPSA) is 46.1 Å². The minimum absolute atomic E-state index is 0.416. The third kappa shape index (κ3) is 1.89. The van der Waals surface area contributed by atoms with Crippen LogP contribution in [0.25, 0.3) is 0 Å². The normalized spacial score (nSPS) is 37.0. The van der Waals surface area contributed by atoms with Crippen molar-refractivity contribution >= 4 is 27.1 Å². The van der Waals surface area contributed by atoms with E-state index < -0.39 is 24.0 Å². The van der Waals surface area contributed by atoms with Crippen molar-refractivity contribution in [3.8, 4) is 0 Å². The molecule has 2 nitrogen and oxygen atoms in total. The van der Waals surface area contributed by atoms with Crippen LogP contribution in [0.15, 0.2) is 12.2 Å².